The third kappa shape index (κ3) is 5.38. The lowest BCUT2D eigenvalue weighted by atomic mass is 10.1. The molecule has 0 aliphatic carbocycles. The molecule has 0 radical (unpaired) electrons. The first-order chi connectivity index (χ1) is 8.28. The van der Waals surface area contributed by atoms with Crippen molar-refractivity contribution in [1.29, 1.82) is 0 Å². The van der Waals surface area contributed by atoms with Crippen molar-refractivity contribution in [2.75, 3.05) is 6.54 Å². The van der Waals surface area contributed by atoms with E-state index >= 15 is 0 Å². The molecule has 0 heterocycles. The number of carbonyl (C=O) groups is 1. The van der Waals surface area contributed by atoms with E-state index < -0.39 is 17.8 Å². The Bertz CT molecular complexity index is 415. The second-order valence-corrected chi connectivity index (χ2v) is 5.39. The van der Waals surface area contributed by atoms with Gasteiger partial charge in [-0.25, -0.2) is 4.79 Å². The number of hydrogen-bond donors (Lipinski definition) is 2. The molecule has 0 aliphatic heterocycles. The lowest BCUT2D eigenvalue weighted by Gasteiger charge is -2.20. The van der Waals surface area contributed by atoms with Crippen LogP contribution in [0.5, 0.6) is 0 Å². The molecule has 2 N–H and O–H groups in total. The molecule has 1 amide bonds. The van der Waals surface area contributed by atoms with E-state index in [1.165, 1.54) is 0 Å². The molecule has 5 heteroatoms. The molecule has 0 unspecified atom stereocenters. The summed E-state index contributed by atoms with van der Waals surface area (Å²) in [5.74, 6) is 0. The molecule has 1 aromatic carbocycles. The zero-order valence-corrected chi connectivity index (χ0v) is 11.5. The summed E-state index contributed by atoms with van der Waals surface area (Å²) in [6, 6.07) is 6.86. The SMILES string of the molecule is CC(C)(C)OC(=O)NC[C@@H](O)c1cccc(Cl)c1. The van der Waals surface area contributed by atoms with Gasteiger partial charge < -0.3 is 15.2 Å². The molecule has 0 bridgehead atoms. The molecule has 100 valence electrons. The van der Waals surface area contributed by atoms with Crippen LogP contribution in [0, 0.1) is 0 Å². The van der Waals surface area contributed by atoms with E-state index in [9.17, 15) is 9.90 Å². The molecule has 18 heavy (non-hydrogen) atoms. The highest BCUT2D eigenvalue weighted by Crippen LogP contribution is 2.17. The van der Waals surface area contributed by atoms with Gasteiger partial charge in [-0.3, -0.25) is 0 Å². The van der Waals surface area contributed by atoms with Crippen LogP contribution in [0.4, 0.5) is 4.79 Å². The topological polar surface area (TPSA) is 58.6 Å². The van der Waals surface area contributed by atoms with Crippen molar-refractivity contribution in [3.8, 4) is 0 Å². The minimum atomic E-state index is -0.809. The number of ether oxygens (including phenoxy) is 1. The van der Waals surface area contributed by atoms with Crippen molar-refractivity contribution in [2.24, 2.45) is 0 Å². The van der Waals surface area contributed by atoms with E-state index in [4.69, 9.17) is 16.3 Å². The molecule has 0 saturated carbocycles. The summed E-state index contributed by atoms with van der Waals surface area (Å²) < 4.78 is 5.06. The first kappa shape index (κ1) is 14.8. The lowest BCUT2D eigenvalue weighted by molar-refractivity contribution is 0.0492. The maximum Gasteiger partial charge on any atom is 0.407 e. The minimum Gasteiger partial charge on any atom is -0.444 e. The monoisotopic (exact) mass is 271 g/mol. The number of hydrogen-bond acceptors (Lipinski definition) is 3. The molecular weight excluding hydrogens is 254 g/mol. The van der Waals surface area contributed by atoms with E-state index in [1.54, 1.807) is 45.0 Å². The van der Waals surface area contributed by atoms with Gasteiger partial charge in [0.15, 0.2) is 0 Å². The smallest absolute Gasteiger partial charge is 0.407 e. The number of amides is 1. The second-order valence-electron chi connectivity index (χ2n) is 4.95. The summed E-state index contributed by atoms with van der Waals surface area (Å²) in [6.07, 6.45) is -1.36. The van der Waals surface area contributed by atoms with E-state index in [1.807, 2.05) is 0 Å². The molecule has 0 aliphatic rings. The van der Waals surface area contributed by atoms with Gasteiger partial charge >= 0.3 is 6.09 Å². The normalized spacial score (nSPS) is 12.9. The fourth-order valence-electron chi connectivity index (χ4n) is 1.33. The van der Waals surface area contributed by atoms with Gasteiger partial charge in [-0.2, -0.15) is 0 Å². The van der Waals surface area contributed by atoms with Gasteiger partial charge in [-0.1, -0.05) is 23.7 Å². The van der Waals surface area contributed by atoms with Crippen LogP contribution >= 0.6 is 11.6 Å². The van der Waals surface area contributed by atoms with Gasteiger partial charge in [0.1, 0.15) is 5.60 Å². The Morgan fingerprint density at radius 1 is 1.50 bits per heavy atom. The number of benzene rings is 1. The van der Waals surface area contributed by atoms with Crippen molar-refractivity contribution in [1.82, 2.24) is 5.32 Å². The Hall–Kier alpha value is -1.26. The highest BCUT2D eigenvalue weighted by atomic mass is 35.5. The average Bonchev–Trinajstić information content (AvgIpc) is 2.23. The summed E-state index contributed by atoms with van der Waals surface area (Å²) in [7, 11) is 0. The quantitative estimate of drug-likeness (QED) is 0.889. The van der Waals surface area contributed by atoms with Crippen LogP contribution in [0.25, 0.3) is 0 Å². The van der Waals surface area contributed by atoms with E-state index in [0.29, 0.717) is 10.6 Å². The van der Waals surface area contributed by atoms with Gasteiger partial charge in [-0.15, -0.1) is 0 Å². The first-order valence-electron chi connectivity index (χ1n) is 5.68. The van der Waals surface area contributed by atoms with Crippen LogP contribution in [0.2, 0.25) is 5.02 Å². The standard InChI is InChI=1S/C13H18ClNO3/c1-13(2,3)18-12(17)15-8-11(16)9-5-4-6-10(14)7-9/h4-7,11,16H,8H2,1-3H3,(H,15,17)/t11-/m1/s1. The summed E-state index contributed by atoms with van der Waals surface area (Å²) in [4.78, 5) is 11.4. The van der Waals surface area contributed by atoms with Crippen molar-refractivity contribution >= 4 is 17.7 Å². The summed E-state index contributed by atoms with van der Waals surface area (Å²) in [6.45, 7) is 5.41. The van der Waals surface area contributed by atoms with Gasteiger partial charge in [0, 0.05) is 5.02 Å². The van der Waals surface area contributed by atoms with E-state index in [0.717, 1.165) is 0 Å². The van der Waals surface area contributed by atoms with Gasteiger partial charge in [0.2, 0.25) is 0 Å². The number of rotatable bonds is 3. The average molecular weight is 272 g/mol. The number of halogens is 1. The summed E-state index contributed by atoms with van der Waals surface area (Å²) in [5, 5.41) is 12.9. The van der Waals surface area contributed by atoms with E-state index in [2.05, 4.69) is 5.32 Å². The number of aliphatic hydroxyl groups is 1. The minimum absolute atomic E-state index is 0.0786. The van der Waals surface area contributed by atoms with Crippen LogP contribution in [-0.4, -0.2) is 23.3 Å². The fraction of sp³-hybridized carbons (Fsp3) is 0.462. The van der Waals surface area contributed by atoms with Crippen LogP contribution in [0.1, 0.15) is 32.4 Å². The summed E-state index contributed by atoms with van der Waals surface area (Å²) in [5.41, 5.74) is 0.101. The van der Waals surface area contributed by atoms with Crippen molar-refractivity contribution in [3.63, 3.8) is 0 Å². The number of alkyl carbamates (subject to hydrolysis) is 1. The van der Waals surface area contributed by atoms with Crippen LogP contribution < -0.4 is 5.32 Å². The first-order valence-corrected chi connectivity index (χ1v) is 6.06. The van der Waals surface area contributed by atoms with Crippen LogP contribution in [0.15, 0.2) is 24.3 Å². The van der Waals surface area contributed by atoms with Crippen LogP contribution in [-0.2, 0) is 4.74 Å². The van der Waals surface area contributed by atoms with Gasteiger partial charge in [-0.05, 0) is 38.5 Å². The van der Waals surface area contributed by atoms with Gasteiger partial charge in [0.25, 0.3) is 0 Å². The molecule has 0 spiro atoms. The maximum atomic E-state index is 11.4. The number of aliphatic hydroxyl groups excluding tert-OH is 1. The fourth-order valence-corrected chi connectivity index (χ4v) is 1.52. The Kier molecular flexibility index (Phi) is 4.99. The highest BCUT2D eigenvalue weighted by Gasteiger charge is 2.17. The Morgan fingerprint density at radius 3 is 2.72 bits per heavy atom. The molecular formula is C13H18ClNO3. The van der Waals surface area contributed by atoms with Crippen molar-refractivity contribution < 1.29 is 14.6 Å². The van der Waals surface area contributed by atoms with Crippen molar-refractivity contribution in [2.45, 2.75) is 32.5 Å². The van der Waals surface area contributed by atoms with Crippen LogP contribution in [0.3, 0.4) is 0 Å². The highest BCUT2D eigenvalue weighted by molar-refractivity contribution is 6.30. The molecule has 1 aromatic rings. The predicted molar refractivity (Wildman–Crippen MR) is 70.6 cm³/mol. The molecule has 1 rings (SSSR count). The van der Waals surface area contributed by atoms with Crippen molar-refractivity contribution in [3.05, 3.63) is 34.9 Å². The third-order valence-electron chi connectivity index (χ3n) is 2.07. The Balaban J connectivity index is 2.46. The lowest BCUT2D eigenvalue weighted by Crippen LogP contribution is -2.34. The summed E-state index contributed by atoms with van der Waals surface area (Å²) >= 11 is 5.82. The molecule has 0 saturated heterocycles. The predicted octanol–water partition coefficient (Wildman–Crippen LogP) is 2.90. The molecule has 4 nitrogen and oxygen atoms in total. The number of carbonyl (C=O) groups excluding carboxylic acids is 1. The molecule has 1 atom stereocenters. The largest absolute Gasteiger partial charge is 0.444 e. The van der Waals surface area contributed by atoms with Gasteiger partial charge in [0.05, 0.1) is 12.6 Å². The number of nitrogens with one attached hydrogen (secondary N) is 1. The molecule has 0 aromatic heterocycles. The Labute approximate surface area is 112 Å². The molecule has 0 fully saturated rings. The van der Waals surface area contributed by atoms with E-state index in [-0.39, 0.29) is 6.54 Å². The maximum absolute atomic E-state index is 11.4. The zero-order valence-electron chi connectivity index (χ0n) is 10.7. The zero-order chi connectivity index (χ0) is 13.8. The second kappa shape index (κ2) is 6.07. The Morgan fingerprint density at radius 2 is 2.17 bits per heavy atom. The third-order valence-corrected chi connectivity index (χ3v) is 2.31.